The predicted octanol–water partition coefficient (Wildman–Crippen LogP) is 4.66. The van der Waals surface area contributed by atoms with E-state index >= 15 is 0 Å². The predicted molar refractivity (Wildman–Crippen MR) is 124 cm³/mol. The molecule has 1 fully saturated rings. The molecule has 1 atom stereocenters. The van der Waals surface area contributed by atoms with E-state index in [0.717, 1.165) is 23.4 Å². The van der Waals surface area contributed by atoms with Crippen molar-refractivity contribution in [1.29, 1.82) is 0 Å². The number of benzene rings is 2. The maximum atomic E-state index is 13.7. The molecular formula is C23H26ClF2N3O2S. The Hall–Kier alpha value is -2.16. The lowest BCUT2D eigenvalue weighted by atomic mass is 10.3. The van der Waals surface area contributed by atoms with Crippen LogP contribution in [0.2, 0.25) is 5.02 Å². The number of thioether (sulfide) groups is 1. The van der Waals surface area contributed by atoms with Crippen LogP contribution in [0.25, 0.3) is 0 Å². The summed E-state index contributed by atoms with van der Waals surface area (Å²) in [5.74, 6) is -1.78. The van der Waals surface area contributed by atoms with Gasteiger partial charge in [0, 0.05) is 53.8 Å². The number of hydrogen-bond acceptors (Lipinski definition) is 4. The largest absolute Gasteiger partial charge is 0.341 e. The highest BCUT2D eigenvalue weighted by Crippen LogP contribution is 2.27. The summed E-state index contributed by atoms with van der Waals surface area (Å²) in [5, 5.41) is 3.29. The summed E-state index contributed by atoms with van der Waals surface area (Å²) in [4.78, 5) is 29.9. The first kappa shape index (κ1) is 24.5. The maximum absolute atomic E-state index is 13.7. The van der Waals surface area contributed by atoms with Gasteiger partial charge >= 0.3 is 0 Å². The Morgan fingerprint density at radius 2 is 1.84 bits per heavy atom. The van der Waals surface area contributed by atoms with E-state index in [1.165, 1.54) is 6.07 Å². The molecule has 0 aromatic heterocycles. The Bertz CT molecular complexity index is 945. The molecule has 2 aromatic carbocycles. The smallest absolute Gasteiger partial charge is 0.238 e. The molecule has 9 heteroatoms. The van der Waals surface area contributed by atoms with Crippen molar-refractivity contribution in [1.82, 2.24) is 9.80 Å². The minimum absolute atomic E-state index is 0.0461. The van der Waals surface area contributed by atoms with Gasteiger partial charge in [0.25, 0.3) is 0 Å². The van der Waals surface area contributed by atoms with E-state index in [2.05, 4.69) is 5.32 Å². The van der Waals surface area contributed by atoms with Crippen LogP contribution in [-0.2, 0) is 9.59 Å². The van der Waals surface area contributed by atoms with Crippen molar-refractivity contribution in [2.45, 2.75) is 29.9 Å². The normalized spacial score (nSPS) is 15.8. The Kier molecular flexibility index (Phi) is 8.90. The summed E-state index contributed by atoms with van der Waals surface area (Å²) < 4.78 is 26.7. The van der Waals surface area contributed by atoms with Gasteiger partial charge in [0.1, 0.15) is 11.6 Å². The van der Waals surface area contributed by atoms with Gasteiger partial charge in [-0.3, -0.25) is 14.5 Å². The van der Waals surface area contributed by atoms with Gasteiger partial charge in [0.05, 0.1) is 12.2 Å². The van der Waals surface area contributed by atoms with Crippen LogP contribution in [0.15, 0.2) is 47.4 Å². The summed E-state index contributed by atoms with van der Waals surface area (Å²) >= 11 is 7.55. The Balaban J connectivity index is 1.44. The molecule has 172 valence electrons. The van der Waals surface area contributed by atoms with Crippen molar-refractivity contribution in [3.8, 4) is 0 Å². The van der Waals surface area contributed by atoms with Crippen LogP contribution < -0.4 is 5.32 Å². The highest BCUT2D eigenvalue weighted by atomic mass is 35.5. The quantitative estimate of drug-likeness (QED) is 0.584. The minimum atomic E-state index is -0.809. The molecule has 3 rings (SSSR count). The fraction of sp³-hybridized carbons (Fsp3) is 0.391. The van der Waals surface area contributed by atoms with Gasteiger partial charge in [-0.05, 0) is 42.8 Å². The van der Waals surface area contributed by atoms with Crippen LogP contribution in [0.1, 0.15) is 19.8 Å². The molecule has 0 radical (unpaired) electrons. The molecule has 0 aliphatic carbocycles. The van der Waals surface area contributed by atoms with Crippen molar-refractivity contribution < 1.29 is 18.4 Å². The van der Waals surface area contributed by atoms with Crippen molar-refractivity contribution in [3.05, 3.63) is 59.1 Å². The maximum Gasteiger partial charge on any atom is 0.238 e. The first-order valence-electron chi connectivity index (χ1n) is 10.5. The van der Waals surface area contributed by atoms with Crippen LogP contribution in [-0.4, -0.2) is 59.6 Å². The zero-order valence-corrected chi connectivity index (χ0v) is 19.4. The number of anilines is 1. The van der Waals surface area contributed by atoms with Crippen LogP contribution >= 0.6 is 23.4 Å². The summed E-state index contributed by atoms with van der Waals surface area (Å²) in [5.41, 5.74) is -0.0461. The van der Waals surface area contributed by atoms with E-state index in [4.69, 9.17) is 11.6 Å². The lowest BCUT2D eigenvalue weighted by Gasteiger charge is -2.23. The number of rotatable bonds is 7. The molecule has 1 N–H and O–H groups in total. The number of nitrogens with zero attached hydrogens (tertiary/aromatic N) is 2. The van der Waals surface area contributed by atoms with Crippen LogP contribution in [0, 0.1) is 11.6 Å². The van der Waals surface area contributed by atoms with E-state index < -0.39 is 11.6 Å². The van der Waals surface area contributed by atoms with Crippen LogP contribution in [0.4, 0.5) is 14.5 Å². The molecule has 2 amide bonds. The SMILES string of the molecule is CC(CC(=O)N1CCCN(CC(=O)Nc2ccc(F)cc2F)CC1)Sc1ccc(Cl)cc1. The van der Waals surface area contributed by atoms with Crippen LogP contribution in [0.5, 0.6) is 0 Å². The van der Waals surface area contributed by atoms with Gasteiger partial charge in [-0.2, -0.15) is 0 Å². The number of halogens is 3. The number of carbonyl (C=O) groups is 2. The monoisotopic (exact) mass is 481 g/mol. The molecule has 32 heavy (non-hydrogen) atoms. The Labute approximate surface area is 196 Å². The number of carbonyl (C=O) groups excluding carboxylic acids is 2. The van der Waals surface area contributed by atoms with Gasteiger partial charge in [-0.25, -0.2) is 8.78 Å². The molecule has 1 aliphatic rings. The van der Waals surface area contributed by atoms with Crippen LogP contribution in [0.3, 0.4) is 0 Å². The zero-order chi connectivity index (χ0) is 23.1. The third kappa shape index (κ3) is 7.46. The van der Waals surface area contributed by atoms with Gasteiger partial charge in [-0.15, -0.1) is 11.8 Å². The molecule has 1 heterocycles. The first-order valence-corrected chi connectivity index (χ1v) is 11.7. The molecule has 0 bridgehead atoms. The fourth-order valence-corrected chi connectivity index (χ4v) is 4.63. The molecule has 1 saturated heterocycles. The topological polar surface area (TPSA) is 52.7 Å². The van der Waals surface area contributed by atoms with Crippen molar-refractivity contribution in [3.63, 3.8) is 0 Å². The number of amides is 2. The summed E-state index contributed by atoms with van der Waals surface area (Å²) in [6.07, 6.45) is 1.18. The average Bonchev–Trinajstić information content (AvgIpc) is 2.97. The highest BCUT2D eigenvalue weighted by molar-refractivity contribution is 8.00. The minimum Gasteiger partial charge on any atom is -0.341 e. The van der Waals surface area contributed by atoms with E-state index in [9.17, 15) is 18.4 Å². The van der Waals surface area contributed by atoms with E-state index in [-0.39, 0.29) is 29.3 Å². The zero-order valence-electron chi connectivity index (χ0n) is 17.8. The molecule has 0 saturated carbocycles. The van der Waals surface area contributed by atoms with Crippen molar-refractivity contribution in [2.24, 2.45) is 0 Å². The first-order chi connectivity index (χ1) is 15.3. The average molecular weight is 482 g/mol. The summed E-state index contributed by atoms with van der Waals surface area (Å²) in [6.45, 7) is 4.51. The third-order valence-corrected chi connectivity index (χ3v) is 6.49. The Morgan fingerprint density at radius 1 is 1.09 bits per heavy atom. The molecule has 0 spiro atoms. The molecule has 5 nitrogen and oxygen atoms in total. The lowest BCUT2D eigenvalue weighted by Crippen LogP contribution is -2.38. The second-order valence-electron chi connectivity index (χ2n) is 7.77. The molecule has 1 unspecified atom stereocenters. The standard InChI is InChI=1S/C23H26ClF2N3O2S/c1-16(32-19-6-3-17(24)4-7-19)13-23(31)29-10-2-9-28(11-12-29)15-22(30)27-21-8-5-18(25)14-20(21)26/h3-8,14,16H,2,9-13,15H2,1H3,(H,27,30). The van der Waals surface area contributed by atoms with Gasteiger partial charge in [0.15, 0.2) is 0 Å². The number of nitrogens with one attached hydrogen (secondary N) is 1. The highest BCUT2D eigenvalue weighted by Gasteiger charge is 2.22. The Morgan fingerprint density at radius 3 is 2.56 bits per heavy atom. The number of hydrogen-bond donors (Lipinski definition) is 1. The second kappa shape index (κ2) is 11.6. The molecule has 2 aromatic rings. The fourth-order valence-electron chi connectivity index (χ4n) is 3.52. The molecule has 1 aliphatic heterocycles. The van der Waals surface area contributed by atoms with Gasteiger partial charge in [-0.1, -0.05) is 18.5 Å². The second-order valence-corrected chi connectivity index (χ2v) is 9.72. The van der Waals surface area contributed by atoms with Crippen molar-refractivity contribution >= 4 is 40.9 Å². The lowest BCUT2D eigenvalue weighted by molar-refractivity contribution is -0.130. The van der Waals surface area contributed by atoms with Crippen molar-refractivity contribution in [2.75, 3.05) is 38.0 Å². The van der Waals surface area contributed by atoms with E-state index in [1.54, 1.807) is 11.8 Å². The molecular weight excluding hydrogens is 456 g/mol. The van der Waals surface area contributed by atoms with E-state index in [1.807, 2.05) is 41.0 Å². The van der Waals surface area contributed by atoms with E-state index in [0.29, 0.717) is 37.6 Å². The van der Waals surface area contributed by atoms with Gasteiger partial charge in [0.2, 0.25) is 11.8 Å². The summed E-state index contributed by atoms with van der Waals surface area (Å²) in [6, 6.07) is 10.6. The summed E-state index contributed by atoms with van der Waals surface area (Å²) in [7, 11) is 0. The van der Waals surface area contributed by atoms with Gasteiger partial charge < -0.3 is 10.2 Å². The third-order valence-electron chi connectivity index (χ3n) is 5.13.